The predicted molar refractivity (Wildman–Crippen MR) is 86.4 cm³/mol. The molecule has 0 unspecified atom stereocenters. The second-order valence-electron chi connectivity index (χ2n) is 7.01. The molecule has 2 heterocycles. The number of hydrogen-bond acceptors (Lipinski definition) is 4. The molecule has 124 valence electrons. The van der Waals surface area contributed by atoms with Gasteiger partial charge in [0, 0.05) is 18.5 Å². The van der Waals surface area contributed by atoms with Gasteiger partial charge in [0.05, 0.1) is 12.6 Å². The zero-order valence-corrected chi connectivity index (χ0v) is 14.0. The van der Waals surface area contributed by atoms with E-state index in [4.69, 9.17) is 0 Å². The highest BCUT2D eigenvalue weighted by atomic mass is 16.3. The number of likely N-dealkylation sites (tertiary alicyclic amines) is 1. The molecule has 0 amide bonds. The van der Waals surface area contributed by atoms with Gasteiger partial charge in [-0.3, -0.25) is 4.90 Å². The van der Waals surface area contributed by atoms with Gasteiger partial charge in [-0.15, -0.1) is 10.2 Å². The van der Waals surface area contributed by atoms with E-state index in [0.717, 1.165) is 44.1 Å². The lowest BCUT2D eigenvalue weighted by atomic mass is 9.80. The summed E-state index contributed by atoms with van der Waals surface area (Å²) in [6, 6.07) is 0.530. The van der Waals surface area contributed by atoms with Crippen LogP contribution in [0.2, 0.25) is 0 Å². The summed E-state index contributed by atoms with van der Waals surface area (Å²) in [7, 11) is 0. The van der Waals surface area contributed by atoms with E-state index >= 15 is 0 Å². The van der Waals surface area contributed by atoms with Gasteiger partial charge < -0.3 is 9.67 Å². The molecule has 1 aromatic rings. The lowest BCUT2D eigenvalue weighted by molar-refractivity contribution is 0.0193. The molecule has 0 radical (unpaired) electrons. The van der Waals surface area contributed by atoms with Crippen molar-refractivity contribution in [1.82, 2.24) is 19.7 Å². The minimum Gasteiger partial charge on any atom is -0.393 e. The lowest BCUT2D eigenvalue weighted by Gasteiger charge is -2.37. The highest BCUT2D eigenvalue weighted by molar-refractivity contribution is 4.97. The van der Waals surface area contributed by atoms with Crippen molar-refractivity contribution in [2.45, 2.75) is 84.0 Å². The maximum atomic E-state index is 10.4. The van der Waals surface area contributed by atoms with Gasteiger partial charge in [0.1, 0.15) is 11.6 Å². The maximum absolute atomic E-state index is 10.4. The molecule has 0 bridgehead atoms. The first-order chi connectivity index (χ1) is 10.7. The average molecular weight is 306 g/mol. The zero-order valence-electron chi connectivity index (χ0n) is 14.0. The number of aromatic nitrogens is 3. The Bertz CT molecular complexity index is 487. The lowest BCUT2D eigenvalue weighted by Crippen LogP contribution is -2.42. The van der Waals surface area contributed by atoms with Gasteiger partial charge in [0.25, 0.3) is 0 Å². The van der Waals surface area contributed by atoms with Crippen molar-refractivity contribution < 1.29 is 5.11 Å². The largest absolute Gasteiger partial charge is 0.393 e. The first-order valence-electron chi connectivity index (χ1n) is 9.01. The van der Waals surface area contributed by atoms with E-state index in [9.17, 15) is 5.11 Å². The summed E-state index contributed by atoms with van der Waals surface area (Å²) in [5, 5.41) is 19.1. The van der Waals surface area contributed by atoms with Gasteiger partial charge in [0.15, 0.2) is 0 Å². The third-order valence-electron chi connectivity index (χ3n) is 5.49. The summed E-state index contributed by atoms with van der Waals surface area (Å²) in [6.45, 7) is 7.25. The van der Waals surface area contributed by atoms with Crippen molar-refractivity contribution in [1.29, 1.82) is 0 Å². The van der Waals surface area contributed by atoms with Crippen molar-refractivity contribution in [2.75, 3.05) is 6.54 Å². The Kier molecular flexibility index (Phi) is 5.14. The second-order valence-corrected chi connectivity index (χ2v) is 7.01. The van der Waals surface area contributed by atoms with Gasteiger partial charge in [-0.2, -0.15) is 0 Å². The second kappa shape index (κ2) is 7.09. The number of hydrogen-bond donors (Lipinski definition) is 1. The van der Waals surface area contributed by atoms with Crippen LogP contribution in [0.15, 0.2) is 0 Å². The molecule has 1 saturated heterocycles. The molecule has 2 aliphatic rings. The van der Waals surface area contributed by atoms with Crippen molar-refractivity contribution in [3.8, 4) is 0 Å². The van der Waals surface area contributed by atoms with Gasteiger partial charge in [-0.1, -0.05) is 19.8 Å². The van der Waals surface area contributed by atoms with E-state index in [0.29, 0.717) is 12.0 Å². The topological polar surface area (TPSA) is 54.2 Å². The molecule has 22 heavy (non-hydrogen) atoms. The van der Waals surface area contributed by atoms with E-state index in [2.05, 4.69) is 26.6 Å². The number of rotatable bonds is 5. The van der Waals surface area contributed by atoms with Crippen LogP contribution in [0.4, 0.5) is 0 Å². The SMILES string of the molecule is CCCn1c(C)nnc1CN1CCC[C@@H]1[C@@H]1CCCC[C@H]1O. The Balaban J connectivity index is 1.71. The van der Waals surface area contributed by atoms with Crippen LogP contribution in [0, 0.1) is 12.8 Å². The van der Waals surface area contributed by atoms with E-state index in [1.807, 2.05) is 6.92 Å². The van der Waals surface area contributed by atoms with Crippen LogP contribution in [0.3, 0.4) is 0 Å². The summed E-state index contributed by atoms with van der Waals surface area (Å²) in [6.07, 6.45) is 8.11. The molecule has 0 spiro atoms. The summed E-state index contributed by atoms with van der Waals surface area (Å²) in [4.78, 5) is 2.55. The van der Waals surface area contributed by atoms with Crippen molar-refractivity contribution in [3.63, 3.8) is 0 Å². The van der Waals surface area contributed by atoms with Crippen molar-refractivity contribution in [2.24, 2.45) is 5.92 Å². The summed E-state index contributed by atoms with van der Waals surface area (Å²) in [5.74, 6) is 2.57. The molecule has 3 rings (SSSR count). The summed E-state index contributed by atoms with van der Waals surface area (Å²) >= 11 is 0. The maximum Gasteiger partial charge on any atom is 0.147 e. The number of aryl methyl sites for hydroxylation is 1. The predicted octanol–water partition coefficient (Wildman–Crippen LogP) is 2.51. The molecule has 1 N–H and O–H groups in total. The number of aliphatic hydroxyl groups excluding tert-OH is 1. The average Bonchev–Trinajstić information content (AvgIpc) is 3.10. The Morgan fingerprint density at radius 2 is 1.95 bits per heavy atom. The Hall–Kier alpha value is -0.940. The van der Waals surface area contributed by atoms with E-state index in [1.165, 1.54) is 32.1 Å². The zero-order chi connectivity index (χ0) is 15.5. The van der Waals surface area contributed by atoms with Gasteiger partial charge >= 0.3 is 0 Å². The number of nitrogens with zero attached hydrogens (tertiary/aromatic N) is 4. The molecule has 1 aromatic heterocycles. The van der Waals surface area contributed by atoms with Gasteiger partial charge in [-0.25, -0.2) is 0 Å². The quantitative estimate of drug-likeness (QED) is 0.908. The van der Waals surface area contributed by atoms with E-state index in [-0.39, 0.29) is 6.10 Å². The highest BCUT2D eigenvalue weighted by Crippen LogP contribution is 2.35. The van der Waals surface area contributed by atoms with Crippen molar-refractivity contribution >= 4 is 0 Å². The normalized spacial score (nSPS) is 30.0. The highest BCUT2D eigenvalue weighted by Gasteiger charge is 2.37. The summed E-state index contributed by atoms with van der Waals surface area (Å²) < 4.78 is 2.26. The molecule has 1 aliphatic heterocycles. The Morgan fingerprint density at radius 3 is 2.73 bits per heavy atom. The standard InChI is InChI=1S/C17H30N4O/c1-3-10-21-13(2)18-19-17(21)12-20-11-6-8-15(20)14-7-4-5-9-16(14)22/h14-16,22H,3-12H2,1-2H3/t14-,15+,16+/m0/s1. The van der Waals surface area contributed by atoms with Crippen LogP contribution in [0.5, 0.6) is 0 Å². The number of aliphatic hydroxyl groups is 1. The molecule has 0 aromatic carbocycles. The third-order valence-corrected chi connectivity index (χ3v) is 5.49. The minimum absolute atomic E-state index is 0.102. The molecule has 1 saturated carbocycles. The van der Waals surface area contributed by atoms with Crippen LogP contribution in [0.25, 0.3) is 0 Å². The van der Waals surface area contributed by atoms with Crippen LogP contribution in [0.1, 0.15) is 63.5 Å². The molecule has 2 fully saturated rings. The Labute approximate surface area is 133 Å². The van der Waals surface area contributed by atoms with E-state index in [1.54, 1.807) is 0 Å². The van der Waals surface area contributed by atoms with Crippen LogP contribution in [-0.2, 0) is 13.1 Å². The molecular formula is C17H30N4O. The fourth-order valence-electron chi connectivity index (χ4n) is 4.36. The molecule has 3 atom stereocenters. The monoisotopic (exact) mass is 306 g/mol. The van der Waals surface area contributed by atoms with Crippen LogP contribution >= 0.6 is 0 Å². The third kappa shape index (κ3) is 3.20. The first-order valence-corrected chi connectivity index (χ1v) is 9.01. The molecule has 1 aliphatic carbocycles. The minimum atomic E-state index is -0.102. The molecular weight excluding hydrogens is 276 g/mol. The summed E-state index contributed by atoms with van der Waals surface area (Å²) in [5.41, 5.74) is 0. The Morgan fingerprint density at radius 1 is 1.14 bits per heavy atom. The molecule has 5 heteroatoms. The van der Waals surface area contributed by atoms with Crippen LogP contribution in [-0.4, -0.2) is 43.5 Å². The van der Waals surface area contributed by atoms with E-state index < -0.39 is 0 Å². The van der Waals surface area contributed by atoms with Gasteiger partial charge in [-0.05, 0) is 45.6 Å². The fraction of sp³-hybridized carbons (Fsp3) is 0.882. The van der Waals surface area contributed by atoms with Crippen molar-refractivity contribution in [3.05, 3.63) is 11.6 Å². The molecule has 5 nitrogen and oxygen atoms in total. The first kappa shape index (κ1) is 15.9. The fourth-order valence-corrected chi connectivity index (χ4v) is 4.36. The smallest absolute Gasteiger partial charge is 0.147 e. The van der Waals surface area contributed by atoms with Crippen LogP contribution < -0.4 is 0 Å². The van der Waals surface area contributed by atoms with Gasteiger partial charge in [0.2, 0.25) is 0 Å².